The fourth-order valence-electron chi connectivity index (χ4n) is 3.43. The molecule has 0 amide bonds. The molecule has 1 aromatic carbocycles. The third-order valence-corrected chi connectivity index (χ3v) is 4.77. The maximum atomic E-state index is 13.5. The number of unbranched alkanes of at least 4 members (excludes halogenated alkanes) is 2. The maximum absolute atomic E-state index is 13.5. The molecule has 0 saturated carbocycles. The summed E-state index contributed by atoms with van der Waals surface area (Å²) >= 11 is 0. The van der Waals surface area contributed by atoms with Crippen molar-refractivity contribution in [1.29, 1.82) is 0 Å². The topological polar surface area (TPSA) is 15.3 Å². The lowest BCUT2D eigenvalue weighted by Crippen LogP contribution is -2.45. The minimum Gasteiger partial charge on any atom is -0.314 e. The van der Waals surface area contributed by atoms with Crippen molar-refractivity contribution in [3.05, 3.63) is 47.5 Å². The first-order valence-electron chi connectivity index (χ1n) is 8.98. The Morgan fingerprint density at radius 2 is 1.70 bits per heavy atom. The van der Waals surface area contributed by atoms with E-state index in [1.165, 1.54) is 0 Å². The lowest BCUT2D eigenvalue weighted by molar-refractivity contribution is -0.142. The predicted octanol–water partition coefficient (Wildman–Crippen LogP) is 5.42. The minimum absolute atomic E-state index is 0.280. The van der Waals surface area contributed by atoms with Gasteiger partial charge >= 0.3 is 12.4 Å². The number of rotatable bonds is 7. The summed E-state index contributed by atoms with van der Waals surface area (Å²) in [5.74, 6) is 0. The number of piperazine rings is 1. The van der Waals surface area contributed by atoms with Gasteiger partial charge in [0.1, 0.15) is 0 Å². The summed E-state index contributed by atoms with van der Waals surface area (Å²) in [6, 6.07) is 1.06. The number of hydrogen-bond acceptors (Lipinski definition) is 2. The zero-order valence-electron chi connectivity index (χ0n) is 15.0. The highest BCUT2D eigenvalue weighted by Gasteiger charge is 2.39. The Morgan fingerprint density at radius 3 is 2.26 bits per heavy atom. The van der Waals surface area contributed by atoms with Gasteiger partial charge in [0.25, 0.3) is 0 Å². The largest absolute Gasteiger partial charge is 0.416 e. The Bertz CT molecular complexity index is 618. The minimum atomic E-state index is -4.70. The molecule has 1 N–H and O–H groups in total. The zero-order valence-corrected chi connectivity index (χ0v) is 15.0. The highest BCUT2D eigenvalue weighted by atomic mass is 19.4. The van der Waals surface area contributed by atoms with Crippen molar-refractivity contribution in [2.24, 2.45) is 0 Å². The number of alkyl halides is 6. The molecule has 1 atom stereocenters. The number of benzene rings is 1. The molecule has 2 nitrogen and oxygen atoms in total. The molecule has 0 radical (unpaired) electrons. The van der Waals surface area contributed by atoms with Crippen LogP contribution in [-0.2, 0) is 12.4 Å². The first-order chi connectivity index (χ1) is 12.6. The van der Waals surface area contributed by atoms with E-state index in [1.54, 1.807) is 6.08 Å². The van der Waals surface area contributed by atoms with Crippen LogP contribution in [0.25, 0.3) is 0 Å². The van der Waals surface area contributed by atoms with Gasteiger partial charge in [-0.05, 0) is 43.0 Å². The molecule has 1 fully saturated rings. The summed E-state index contributed by atoms with van der Waals surface area (Å²) in [5, 5.41) is 3.12. The van der Waals surface area contributed by atoms with Crippen molar-refractivity contribution in [3.63, 3.8) is 0 Å². The van der Waals surface area contributed by atoms with Gasteiger partial charge in [-0.3, -0.25) is 4.90 Å². The highest BCUT2D eigenvalue weighted by molar-refractivity contribution is 5.37. The number of hydrogen-bond donors (Lipinski definition) is 1. The van der Waals surface area contributed by atoms with Gasteiger partial charge in [0.15, 0.2) is 0 Å². The van der Waals surface area contributed by atoms with Gasteiger partial charge in [-0.15, -0.1) is 6.58 Å². The summed E-state index contributed by atoms with van der Waals surface area (Å²) in [5.41, 5.74) is -2.31. The molecule has 8 heteroatoms. The van der Waals surface area contributed by atoms with Gasteiger partial charge in [-0.1, -0.05) is 12.5 Å². The molecule has 27 heavy (non-hydrogen) atoms. The van der Waals surface area contributed by atoms with Crippen LogP contribution in [0.5, 0.6) is 0 Å². The van der Waals surface area contributed by atoms with E-state index in [1.807, 2.05) is 4.90 Å². The van der Waals surface area contributed by atoms with Crippen LogP contribution >= 0.6 is 0 Å². The molecule has 0 bridgehead atoms. The second kappa shape index (κ2) is 9.10. The molecule has 1 aliphatic rings. The van der Waals surface area contributed by atoms with E-state index in [2.05, 4.69) is 11.9 Å². The average Bonchev–Trinajstić information content (AvgIpc) is 2.60. The van der Waals surface area contributed by atoms with Crippen molar-refractivity contribution in [2.45, 2.75) is 44.1 Å². The smallest absolute Gasteiger partial charge is 0.314 e. The second-order valence-electron chi connectivity index (χ2n) is 6.67. The Labute approximate surface area is 155 Å². The van der Waals surface area contributed by atoms with Gasteiger partial charge in [-0.2, -0.15) is 26.3 Å². The molecule has 1 saturated heterocycles. The van der Waals surface area contributed by atoms with E-state index in [0.717, 1.165) is 12.8 Å². The van der Waals surface area contributed by atoms with Crippen LogP contribution in [0, 0.1) is 0 Å². The first-order valence-corrected chi connectivity index (χ1v) is 8.98. The van der Waals surface area contributed by atoms with Gasteiger partial charge in [0.2, 0.25) is 0 Å². The predicted molar refractivity (Wildman–Crippen MR) is 92.3 cm³/mol. The van der Waals surface area contributed by atoms with Crippen LogP contribution in [-0.4, -0.2) is 31.1 Å². The normalized spacial score (nSPS) is 17.7. The third-order valence-electron chi connectivity index (χ3n) is 4.77. The molecule has 0 unspecified atom stereocenters. The van der Waals surface area contributed by atoms with Crippen molar-refractivity contribution < 1.29 is 26.3 Å². The molecule has 1 aromatic rings. The molecule has 152 valence electrons. The SMILES string of the molecule is C=CCCCC[C@H](c1cc(C(F)(F)F)ccc1C(F)(F)F)N1CCNCC1. The Balaban J connectivity index is 2.44. The lowest BCUT2D eigenvalue weighted by atomic mass is 9.91. The Hall–Kier alpha value is -1.54. The van der Waals surface area contributed by atoms with Crippen LogP contribution in [0.15, 0.2) is 30.9 Å². The molecule has 0 spiro atoms. The molecule has 1 heterocycles. The summed E-state index contributed by atoms with van der Waals surface area (Å²) in [6.07, 6.45) is -5.20. The van der Waals surface area contributed by atoms with Crippen LogP contribution < -0.4 is 5.32 Å². The monoisotopic (exact) mass is 394 g/mol. The molecular formula is C19H24F6N2. The number of halogens is 6. The summed E-state index contributed by atoms with van der Waals surface area (Å²) in [7, 11) is 0. The number of allylic oxidation sites excluding steroid dienone is 1. The fourth-order valence-corrected chi connectivity index (χ4v) is 3.43. The van der Waals surface area contributed by atoms with Gasteiger partial charge < -0.3 is 5.32 Å². The molecule has 2 rings (SSSR count). The first kappa shape index (κ1) is 21.8. The summed E-state index contributed by atoms with van der Waals surface area (Å²) < 4.78 is 80.0. The van der Waals surface area contributed by atoms with Crippen LogP contribution in [0.1, 0.15) is 48.4 Å². The van der Waals surface area contributed by atoms with Crippen LogP contribution in [0.3, 0.4) is 0 Å². The molecule has 1 aliphatic heterocycles. The van der Waals surface area contributed by atoms with Gasteiger partial charge in [0.05, 0.1) is 11.1 Å². The van der Waals surface area contributed by atoms with Crippen molar-refractivity contribution in [2.75, 3.05) is 26.2 Å². The fraction of sp³-hybridized carbons (Fsp3) is 0.579. The maximum Gasteiger partial charge on any atom is 0.416 e. The zero-order chi connectivity index (χ0) is 20.1. The average molecular weight is 394 g/mol. The molecule has 0 aliphatic carbocycles. The second-order valence-corrected chi connectivity index (χ2v) is 6.67. The number of nitrogens with one attached hydrogen (secondary N) is 1. The van der Waals surface area contributed by atoms with Crippen LogP contribution in [0.2, 0.25) is 0 Å². The van der Waals surface area contributed by atoms with E-state index in [-0.39, 0.29) is 5.56 Å². The van der Waals surface area contributed by atoms with Crippen molar-refractivity contribution in [3.8, 4) is 0 Å². The standard InChI is InChI=1S/C19H24F6N2/c1-2-3-4-5-6-17(27-11-9-26-10-12-27)15-13-14(18(20,21)22)7-8-16(15)19(23,24)25/h2,7-8,13,17,26H,1,3-6,9-12H2/t17-/m1/s1. The van der Waals surface area contributed by atoms with E-state index >= 15 is 0 Å². The van der Waals surface area contributed by atoms with Crippen molar-refractivity contribution >= 4 is 0 Å². The third kappa shape index (κ3) is 5.97. The van der Waals surface area contributed by atoms with E-state index < -0.39 is 29.5 Å². The number of nitrogens with zero attached hydrogens (tertiary/aromatic N) is 1. The van der Waals surface area contributed by atoms with E-state index in [4.69, 9.17) is 0 Å². The molecule has 0 aromatic heterocycles. The van der Waals surface area contributed by atoms with Crippen LogP contribution in [0.4, 0.5) is 26.3 Å². The quantitative estimate of drug-likeness (QED) is 0.378. The summed E-state index contributed by atoms with van der Waals surface area (Å²) in [6.45, 7) is 5.82. The summed E-state index contributed by atoms with van der Waals surface area (Å²) in [4.78, 5) is 1.86. The van der Waals surface area contributed by atoms with E-state index in [0.29, 0.717) is 57.2 Å². The van der Waals surface area contributed by atoms with E-state index in [9.17, 15) is 26.3 Å². The lowest BCUT2D eigenvalue weighted by Gasteiger charge is -2.36. The van der Waals surface area contributed by atoms with Crippen molar-refractivity contribution in [1.82, 2.24) is 10.2 Å². The van der Waals surface area contributed by atoms with Gasteiger partial charge in [0, 0.05) is 32.2 Å². The highest BCUT2D eigenvalue weighted by Crippen LogP contribution is 2.41. The van der Waals surface area contributed by atoms with Gasteiger partial charge in [-0.25, -0.2) is 0 Å². The molecular weight excluding hydrogens is 370 g/mol. The Kier molecular flexibility index (Phi) is 7.33. The Morgan fingerprint density at radius 1 is 1.04 bits per heavy atom.